The van der Waals surface area contributed by atoms with E-state index in [0.717, 1.165) is 0 Å². The largest absolute Gasteiger partial charge is 0.463 e. The summed E-state index contributed by atoms with van der Waals surface area (Å²) < 4.78 is 6.59. The van der Waals surface area contributed by atoms with Crippen LogP contribution in [-0.4, -0.2) is 28.2 Å². The lowest BCUT2D eigenvalue weighted by Gasteiger charge is -2.29. The van der Waals surface area contributed by atoms with Crippen LogP contribution in [0.4, 0.5) is 4.79 Å². The first-order valence-electron chi connectivity index (χ1n) is 9.13. The maximum Gasteiger partial charge on any atom is 0.338 e. The highest BCUT2D eigenvalue weighted by Crippen LogP contribution is 2.29. The monoisotopic (exact) mass is 444 g/mol. The fraction of sp³-hybridized carbons (Fsp3) is 0.200. The number of amides is 2. The van der Waals surface area contributed by atoms with E-state index in [-0.39, 0.29) is 30.0 Å². The third-order valence-electron chi connectivity index (χ3n) is 4.63. The molecule has 10 heteroatoms. The fourth-order valence-electron chi connectivity index (χ4n) is 3.27. The first kappa shape index (κ1) is 20.1. The number of thiophene rings is 1. The fourth-order valence-corrected chi connectivity index (χ4v) is 4.12. The van der Waals surface area contributed by atoms with Gasteiger partial charge in [-0.2, -0.15) is 0 Å². The third-order valence-corrected chi connectivity index (χ3v) is 5.70. The number of hydrogen-bond acceptors (Lipinski definition) is 6. The number of esters is 1. The Morgan fingerprint density at radius 3 is 2.77 bits per heavy atom. The zero-order valence-electron chi connectivity index (χ0n) is 15.8. The maximum atomic E-state index is 12.8. The van der Waals surface area contributed by atoms with Crippen LogP contribution in [0.1, 0.15) is 18.5 Å². The molecule has 2 N–H and O–H groups in total. The van der Waals surface area contributed by atoms with E-state index < -0.39 is 18.0 Å². The average molecular weight is 445 g/mol. The number of halogens is 1. The number of nitrogens with one attached hydrogen (secondary N) is 2. The van der Waals surface area contributed by atoms with E-state index in [1.165, 1.54) is 22.2 Å². The molecule has 1 aliphatic rings. The highest BCUT2D eigenvalue weighted by molar-refractivity contribution is 7.16. The summed E-state index contributed by atoms with van der Waals surface area (Å²) in [7, 11) is 0. The van der Waals surface area contributed by atoms with Gasteiger partial charge in [-0.25, -0.2) is 14.6 Å². The molecule has 1 atom stereocenters. The molecule has 1 unspecified atom stereocenters. The Morgan fingerprint density at radius 2 is 2.03 bits per heavy atom. The molecule has 154 valence electrons. The summed E-state index contributed by atoms with van der Waals surface area (Å²) in [4.78, 5) is 42.9. The quantitative estimate of drug-likeness (QED) is 0.589. The topological polar surface area (TPSA) is 102 Å². The van der Waals surface area contributed by atoms with Gasteiger partial charge in [-0.05, 0) is 36.1 Å². The second kappa shape index (κ2) is 8.29. The van der Waals surface area contributed by atoms with Gasteiger partial charge in [-0.1, -0.05) is 23.7 Å². The zero-order valence-corrected chi connectivity index (χ0v) is 17.4. The molecule has 0 spiro atoms. The van der Waals surface area contributed by atoms with E-state index in [2.05, 4.69) is 15.6 Å². The zero-order chi connectivity index (χ0) is 21.3. The third kappa shape index (κ3) is 3.81. The van der Waals surface area contributed by atoms with Gasteiger partial charge >= 0.3 is 12.0 Å². The number of rotatable bonds is 5. The van der Waals surface area contributed by atoms with Crippen LogP contribution < -0.4 is 16.2 Å². The van der Waals surface area contributed by atoms with Crippen molar-refractivity contribution in [3.8, 4) is 0 Å². The Morgan fingerprint density at radius 1 is 1.27 bits per heavy atom. The van der Waals surface area contributed by atoms with Crippen molar-refractivity contribution < 1.29 is 14.3 Å². The summed E-state index contributed by atoms with van der Waals surface area (Å²) in [6.07, 6.45) is 1.41. The van der Waals surface area contributed by atoms with Gasteiger partial charge in [0.25, 0.3) is 5.56 Å². The number of allylic oxidation sites excluding steroid dienone is 1. The number of nitrogens with zero attached hydrogens (tertiary/aromatic N) is 2. The molecule has 0 aliphatic carbocycles. The van der Waals surface area contributed by atoms with Crippen molar-refractivity contribution in [2.24, 2.45) is 0 Å². The van der Waals surface area contributed by atoms with Crippen LogP contribution in [0.2, 0.25) is 5.02 Å². The molecule has 3 heterocycles. The minimum absolute atomic E-state index is 0.0384. The van der Waals surface area contributed by atoms with Gasteiger partial charge in [0.05, 0.1) is 42.2 Å². The number of hydrogen-bond donors (Lipinski definition) is 2. The number of benzene rings is 1. The molecular weight excluding hydrogens is 428 g/mol. The van der Waals surface area contributed by atoms with Crippen LogP contribution in [0.3, 0.4) is 0 Å². The van der Waals surface area contributed by atoms with Gasteiger partial charge in [0.1, 0.15) is 4.83 Å². The van der Waals surface area contributed by atoms with Crippen LogP contribution in [0.5, 0.6) is 0 Å². The second-order valence-electron chi connectivity index (χ2n) is 6.51. The molecule has 0 radical (unpaired) electrons. The molecule has 0 saturated heterocycles. The first-order valence-corrected chi connectivity index (χ1v) is 10.4. The van der Waals surface area contributed by atoms with Gasteiger partial charge in [0, 0.05) is 5.02 Å². The SMILES string of the molecule is CCOC(=O)C1=C(Cn2cnc3sccc3c2=O)NC(=O)NC1c1ccc(Cl)cc1. The molecule has 2 amide bonds. The van der Waals surface area contributed by atoms with E-state index in [1.807, 2.05) is 0 Å². The Kier molecular flexibility index (Phi) is 5.56. The molecule has 30 heavy (non-hydrogen) atoms. The molecule has 1 aromatic carbocycles. The van der Waals surface area contributed by atoms with Gasteiger partial charge in [-0.15, -0.1) is 11.3 Å². The summed E-state index contributed by atoms with van der Waals surface area (Å²) in [5.41, 5.74) is 0.896. The van der Waals surface area contributed by atoms with Gasteiger partial charge < -0.3 is 15.4 Å². The number of urea groups is 1. The normalized spacial score (nSPS) is 16.3. The van der Waals surface area contributed by atoms with Crippen molar-refractivity contribution in [3.05, 3.63) is 74.2 Å². The Hall–Kier alpha value is -3.17. The summed E-state index contributed by atoms with van der Waals surface area (Å²) in [6, 6.07) is 7.25. The van der Waals surface area contributed by atoms with Crippen molar-refractivity contribution in [1.29, 1.82) is 0 Å². The summed E-state index contributed by atoms with van der Waals surface area (Å²) in [5.74, 6) is -0.586. The van der Waals surface area contributed by atoms with E-state index >= 15 is 0 Å². The number of ether oxygens (including phenoxy) is 1. The van der Waals surface area contributed by atoms with E-state index in [0.29, 0.717) is 20.8 Å². The number of aromatic nitrogens is 2. The summed E-state index contributed by atoms with van der Waals surface area (Å²) >= 11 is 7.34. The first-order chi connectivity index (χ1) is 14.5. The Balaban J connectivity index is 1.82. The van der Waals surface area contributed by atoms with Gasteiger partial charge in [0.15, 0.2) is 0 Å². The maximum absolute atomic E-state index is 12.8. The second-order valence-corrected chi connectivity index (χ2v) is 7.84. The predicted molar refractivity (Wildman–Crippen MR) is 113 cm³/mol. The lowest BCUT2D eigenvalue weighted by molar-refractivity contribution is -0.139. The van der Waals surface area contributed by atoms with E-state index in [9.17, 15) is 14.4 Å². The number of carbonyl (C=O) groups is 2. The average Bonchev–Trinajstić information content (AvgIpc) is 3.20. The van der Waals surface area contributed by atoms with E-state index in [4.69, 9.17) is 16.3 Å². The molecule has 0 saturated carbocycles. The minimum atomic E-state index is -0.751. The predicted octanol–water partition coefficient (Wildman–Crippen LogP) is 2.98. The molecule has 2 aromatic heterocycles. The summed E-state index contributed by atoms with van der Waals surface area (Å²) in [5, 5.41) is 8.20. The highest BCUT2D eigenvalue weighted by Gasteiger charge is 2.34. The van der Waals surface area contributed by atoms with Crippen LogP contribution in [0, 0.1) is 0 Å². The molecule has 0 bridgehead atoms. The minimum Gasteiger partial charge on any atom is -0.463 e. The Bertz CT molecular complexity index is 1220. The summed E-state index contributed by atoms with van der Waals surface area (Å²) in [6.45, 7) is 1.83. The van der Waals surface area contributed by atoms with E-state index in [1.54, 1.807) is 42.6 Å². The molecule has 1 aliphatic heterocycles. The van der Waals surface area contributed by atoms with Crippen LogP contribution in [0.25, 0.3) is 10.2 Å². The molecule has 0 fully saturated rings. The number of fused-ring (bicyclic) bond motifs is 1. The molecule has 8 nitrogen and oxygen atoms in total. The smallest absolute Gasteiger partial charge is 0.338 e. The van der Waals surface area contributed by atoms with Crippen LogP contribution in [-0.2, 0) is 16.1 Å². The standard InChI is InChI=1S/C20H17ClN4O4S/c1-2-29-19(27)15-14(9-25-10-22-17-13(18(25)26)7-8-30-17)23-20(28)24-16(15)11-3-5-12(21)6-4-11/h3-8,10,16H,2,9H2,1H3,(H2,23,24,28). The lowest BCUT2D eigenvalue weighted by Crippen LogP contribution is -2.47. The van der Waals surface area contributed by atoms with Crippen LogP contribution >= 0.6 is 22.9 Å². The number of carbonyl (C=O) groups excluding carboxylic acids is 2. The highest BCUT2D eigenvalue weighted by atomic mass is 35.5. The van der Waals surface area contributed by atoms with Crippen molar-refractivity contribution in [1.82, 2.24) is 20.2 Å². The van der Waals surface area contributed by atoms with Gasteiger partial charge in [-0.3, -0.25) is 9.36 Å². The van der Waals surface area contributed by atoms with Crippen LogP contribution in [0.15, 0.2) is 58.1 Å². The molecular formula is C20H17ClN4O4S. The van der Waals surface area contributed by atoms with Gasteiger partial charge in [0.2, 0.25) is 0 Å². The lowest BCUT2D eigenvalue weighted by atomic mass is 9.95. The van der Waals surface area contributed by atoms with Crippen molar-refractivity contribution in [2.45, 2.75) is 19.5 Å². The molecule has 4 rings (SSSR count). The molecule has 3 aromatic rings. The van der Waals surface area contributed by atoms with Crippen molar-refractivity contribution >= 4 is 45.2 Å². The Labute approximate surface area is 180 Å². The van der Waals surface area contributed by atoms with Crippen molar-refractivity contribution in [3.63, 3.8) is 0 Å². The van der Waals surface area contributed by atoms with Crippen molar-refractivity contribution in [2.75, 3.05) is 6.61 Å².